The summed E-state index contributed by atoms with van der Waals surface area (Å²) in [6, 6.07) is 3.31. The van der Waals surface area contributed by atoms with E-state index in [4.69, 9.17) is 4.42 Å². The van der Waals surface area contributed by atoms with Crippen LogP contribution in [-0.4, -0.2) is 60.2 Å². The molecule has 1 aromatic heterocycles. The maximum Gasteiger partial charge on any atom is 0.289 e. The molecule has 7 nitrogen and oxygen atoms in total. The Hall–Kier alpha value is -2.31. The van der Waals surface area contributed by atoms with Gasteiger partial charge < -0.3 is 19.5 Å². The average Bonchev–Trinajstić information content (AvgIpc) is 3.05. The van der Waals surface area contributed by atoms with Gasteiger partial charge in [0, 0.05) is 32.1 Å². The highest BCUT2D eigenvalue weighted by atomic mass is 16.3. The minimum absolute atomic E-state index is 0.0174. The second-order valence-corrected chi connectivity index (χ2v) is 6.00. The van der Waals surface area contributed by atoms with Gasteiger partial charge in [0.15, 0.2) is 5.76 Å². The first-order chi connectivity index (χ1) is 11.1. The molecule has 23 heavy (non-hydrogen) atoms. The fourth-order valence-corrected chi connectivity index (χ4v) is 2.80. The number of carbonyl (C=O) groups excluding carboxylic acids is 3. The molecule has 0 unspecified atom stereocenters. The number of hydrogen-bond acceptors (Lipinski definition) is 4. The lowest BCUT2D eigenvalue weighted by Gasteiger charge is -2.34. The van der Waals surface area contributed by atoms with Crippen molar-refractivity contribution >= 4 is 17.7 Å². The van der Waals surface area contributed by atoms with Gasteiger partial charge in [0.05, 0.1) is 12.8 Å². The van der Waals surface area contributed by atoms with Crippen molar-refractivity contribution in [1.29, 1.82) is 0 Å². The zero-order valence-electron chi connectivity index (χ0n) is 13.0. The Kier molecular flexibility index (Phi) is 4.64. The Balaban J connectivity index is 1.42. The monoisotopic (exact) mass is 319 g/mol. The van der Waals surface area contributed by atoms with Crippen LogP contribution in [0.15, 0.2) is 22.8 Å². The molecule has 0 radical (unpaired) electrons. The van der Waals surface area contributed by atoms with Crippen LogP contribution >= 0.6 is 0 Å². The highest BCUT2D eigenvalue weighted by Gasteiger charge is 2.28. The third-order valence-electron chi connectivity index (χ3n) is 4.54. The van der Waals surface area contributed by atoms with Crippen molar-refractivity contribution in [2.45, 2.75) is 19.3 Å². The Labute approximate surface area is 134 Å². The second kappa shape index (κ2) is 6.85. The number of furan rings is 1. The van der Waals surface area contributed by atoms with Crippen molar-refractivity contribution in [2.24, 2.45) is 5.92 Å². The summed E-state index contributed by atoms with van der Waals surface area (Å²) in [5.74, 6) is 0.141. The van der Waals surface area contributed by atoms with Crippen molar-refractivity contribution in [1.82, 2.24) is 15.1 Å². The summed E-state index contributed by atoms with van der Waals surface area (Å²) in [5, 5.41) is 2.71. The molecule has 0 aromatic carbocycles. The molecular weight excluding hydrogens is 298 g/mol. The van der Waals surface area contributed by atoms with Crippen LogP contribution in [0.2, 0.25) is 0 Å². The smallest absolute Gasteiger partial charge is 0.289 e. The number of nitrogens with zero attached hydrogens (tertiary/aromatic N) is 2. The summed E-state index contributed by atoms with van der Waals surface area (Å²) >= 11 is 0. The molecule has 1 saturated heterocycles. The summed E-state index contributed by atoms with van der Waals surface area (Å²) in [7, 11) is 0. The molecule has 1 aromatic rings. The van der Waals surface area contributed by atoms with Gasteiger partial charge in [-0.25, -0.2) is 0 Å². The molecule has 7 heteroatoms. The van der Waals surface area contributed by atoms with Crippen molar-refractivity contribution < 1.29 is 18.8 Å². The summed E-state index contributed by atoms with van der Waals surface area (Å²) in [6.07, 6.45) is 4.41. The van der Waals surface area contributed by atoms with Gasteiger partial charge in [-0.05, 0) is 25.0 Å². The standard InChI is InChI=1S/C16H21N3O4/c20-14(11-17-15(21)12-3-1-4-12)18-6-8-19(9-7-18)16(22)13-5-2-10-23-13/h2,5,10,12H,1,3-4,6-9,11H2,(H,17,21). The summed E-state index contributed by atoms with van der Waals surface area (Å²) in [4.78, 5) is 39.4. The van der Waals surface area contributed by atoms with Crippen molar-refractivity contribution in [2.75, 3.05) is 32.7 Å². The van der Waals surface area contributed by atoms with Gasteiger partial charge >= 0.3 is 0 Å². The van der Waals surface area contributed by atoms with Gasteiger partial charge in [-0.3, -0.25) is 14.4 Å². The lowest BCUT2D eigenvalue weighted by atomic mass is 9.85. The number of piperazine rings is 1. The Morgan fingerprint density at radius 1 is 1.13 bits per heavy atom. The van der Waals surface area contributed by atoms with Crippen LogP contribution in [-0.2, 0) is 9.59 Å². The fraction of sp³-hybridized carbons (Fsp3) is 0.562. The number of hydrogen-bond donors (Lipinski definition) is 1. The fourth-order valence-electron chi connectivity index (χ4n) is 2.80. The van der Waals surface area contributed by atoms with E-state index in [-0.39, 0.29) is 30.2 Å². The number of carbonyl (C=O) groups is 3. The minimum atomic E-state index is -0.152. The summed E-state index contributed by atoms with van der Waals surface area (Å²) < 4.78 is 5.11. The molecule has 1 aliphatic heterocycles. The largest absolute Gasteiger partial charge is 0.459 e. The van der Waals surface area contributed by atoms with Gasteiger partial charge in [0.1, 0.15) is 0 Å². The van der Waals surface area contributed by atoms with Crippen LogP contribution in [0.25, 0.3) is 0 Å². The van der Waals surface area contributed by atoms with Crippen LogP contribution in [0, 0.1) is 5.92 Å². The molecule has 2 aliphatic rings. The van der Waals surface area contributed by atoms with Crippen LogP contribution < -0.4 is 5.32 Å². The van der Waals surface area contributed by atoms with E-state index < -0.39 is 0 Å². The highest BCUT2D eigenvalue weighted by Crippen LogP contribution is 2.26. The molecular formula is C16H21N3O4. The van der Waals surface area contributed by atoms with E-state index in [2.05, 4.69) is 5.32 Å². The predicted molar refractivity (Wildman–Crippen MR) is 81.5 cm³/mol. The zero-order chi connectivity index (χ0) is 16.2. The van der Waals surface area contributed by atoms with Crippen molar-refractivity contribution in [3.63, 3.8) is 0 Å². The zero-order valence-corrected chi connectivity index (χ0v) is 13.0. The van der Waals surface area contributed by atoms with Crippen LogP contribution in [0.1, 0.15) is 29.8 Å². The van der Waals surface area contributed by atoms with Gasteiger partial charge in [0.2, 0.25) is 11.8 Å². The van der Waals surface area contributed by atoms with Crippen LogP contribution in [0.3, 0.4) is 0 Å². The van der Waals surface area contributed by atoms with Gasteiger partial charge in [-0.2, -0.15) is 0 Å². The molecule has 0 spiro atoms. The van der Waals surface area contributed by atoms with E-state index in [9.17, 15) is 14.4 Å². The van der Waals surface area contributed by atoms with Crippen LogP contribution in [0.4, 0.5) is 0 Å². The second-order valence-electron chi connectivity index (χ2n) is 6.00. The van der Waals surface area contributed by atoms with E-state index in [1.165, 1.54) is 6.26 Å². The Morgan fingerprint density at radius 2 is 1.83 bits per heavy atom. The molecule has 0 bridgehead atoms. The molecule has 124 valence electrons. The summed E-state index contributed by atoms with van der Waals surface area (Å²) in [6.45, 7) is 1.94. The molecule has 3 amide bonds. The summed E-state index contributed by atoms with van der Waals surface area (Å²) in [5.41, 5.74) is 0. The lowest BCUT2D eigenvalue weighted by Crippen LogP contribution is -2.53. The molecule has 2 fully saturated rings. The van der Waals surface area contributed by atoms with Gasteiger partial charge in [0.25, 0.3) is 5.91 Å². The van der Waals surface area contributed by atoms with Crippen molar-refractivity contribution in [3.8, 4) is 0 Å². The van der Waals surface area contributed by atoms with E-state index >= 15 is 0 Å². The van der Waals surface area contributed by atoms with E-state index in [0.717, 1.165) is 19.3 Å². The van der Waals surface area contributed by atoms with Gasteiger partial charge in [-0.15, -0.1) is 0 Å². The normalized spacial score (nSPS) is 18.4. The number of amides is 3. The molecule has 0 atom stereocenters. The predicted octanol–water partition coefficient (Wildman–Crippen LogP) is 0.480. The topological polar surface area (TPSA) is 82.9 Å². The minimum Gasteiger partial charge on any atom is -0.459 e. The molecule has 2 heterocycles. The van der Waals surface area contributed by atoms with Crippen molar-refractivity contribution in [3.05, 3.63) is 24.2 Å². The molecule has 1 saturated carbocycles. The van der Waals surface area contributed by atoms with E-state index in [1.54, 1.807) is 21.9 Å². The molecule has 1 N–H and O–H groups in total. The maximum atomic E-state index is 12.1. The maximum absolute atomic E-state index is 12.1. The molecule has 3 rings (SSSR count). The third-order valence-corrected chi connectivity index (χ3v) is 4.54. The lowest BCUT2D eigenvalue weighted by molar-refractivity contribution is -0.135. The number of rotatable bonds is 4. The Bertz CT molecular complexity index is 572. The van der Waals surface area contributed by atoms with E-state index in [1.807, 2.05) is 0 Å². The van der Waals surface area contributed by atoms with Gasteiger partial charge in [-0.1, -0.05) is 6.42 Å². The average molecular weight is 319 g/mol. The van der Waals surface area contributed by atoms with Crippen LogP contribution in [0.5, 0.6) is 0 Å². The first-order valence-corrected chi connectivity index (χ1v) is 8.03. The molecule has 1 aliphatic carbocycles. The van der Waals surface area contributed by atoms with E-state index in [0.29, 0.717) is 31.9 Å². The SMILES string of the molecule is O=C(NCC(=O)N1CCN(C(=O)c2ccco2)CC1)C1CCC1. The third kappa shape index (κ3) is 3.55. The quantitative estimate of drug-likeness (QED) is 0.875. The first kappa shape index (κ1) is 15.6. The Morgan fingerprint density at radius 3 is 2.39 bits per heavy atom. The highest BCUT2D eigenvalue weighted by molar-refractivity contribution is 5.91. The first-order valence-electron chi connectivity index (χ1n) is 8.03. The number of nitrogens with one attached hydrogen (secondary N) is 1.